The third-order valence-corrected chi connectivity index (χ3v) is 4.85. The van der Waals surface area contributed by atoms with E-state index in [1.54, 1.807) is 12.4 Å². The molecule has 0 N–H and O–H groups in total. The fourth-order valence-electron chi connectivity index (χ4n) is 3.51. The molecule has 3 heterocycles. The van der Waals surface area contributed by atoms with Crippen LogP contribution < -0.4 is 0 Å². The first-order valence-electron chi connectivity index (χ1n) is 8.61. The second-order valence-corrected chi connectivity index (χ2v) is 6.62. The minimum Gasteiger partial charge on any atom is -0.338 e. The van der Waals surface area contributed by atoms with Gasteiger partial charge in [-0.25, -0.2) is 9.97 Å². The van der Waals surface area contributed by atoms with Gasteiger partial charge in [0.15, 0.2) is 0 Å². The summed E-state index contributed by atoms with van der Waals surface area (Å²) in [4.78, 5) is 27.2. The van der Waals surface area contributed by atoms with Gasteiger partial charge in [-0.3, -0.25) is 9.78 Å². The Morgan fingerprint density at radius 3 is 2.80 bits per heavy atom. The van der Waals surface area contributed by atoms with E-state index in [9.17, 15) is 4.79 Å². The molecule has 0 bridgehead atoms. The van der Waals surface area contributed by atoms with Gasteiger partial charge in [0.1, 0.15) is 5.82 Å². The van der Waals surface area contributed by atoms with Gasteiger partial charge in [-0.1, -0.05) is 18.2 Å². The van der Waals surface area contributed by atoms with Crippen LogP contribution in [-0.4, -0.2) is 38.8 Å². The molecule has 126 valence electrons. The summed E-state index contributed by atoms with van der Waals surface area (Å²) in [5, 5.41) is 1.21. The van der Waals surface area contributed by atoms with E-state index in [1.807, 2.05) is 30.2 Å². The number of carbonyl (C=O) groups excluding carboxylic acids is 1. The summed E-state index contributed by atoms with van der Waals surface area (Å²) in [6, 6.07) is 10.3. The van der Waals surface area contributed by atoms with Crippen LogP contribution in [-0.2, 0) is 6.42 Å². The van der Waals surface area contributed by atoms with E-state index in [0.717, 1.165) is 31.4 Å². The zero-order valence-electron chi connectivity index (χ0n) is 14.2. The van der Waals surface area contributed by atoms with Gasteiger partial charge >= 0.3 is 0 Å². The highest BCUT2D eigenvalue weighted by Gasteiger charge is 2.27. The number of likely N-dealkylation sites (tertiary alicyclic amines) is 1. The number of aromatic nitrogens is 3. The Bertz CT molecular complexity index is 902. The smallest absolute Gasteiger partial charge is 0.256 e. The highest BCUT2D eigenvalue weighted by molar-refractivity contribution is 5.93. The van der Waals surface area contributed by atoms with E-state index >= 15 is 0 Å². The van der Waals surface area contributed by atoms with Gasteiger partial charge in [-0.2, -0.15) is 0 Å². The minimum atomic E-state index is 0.0297. The van der Waals surface area contributed by atoms with E-state index < -0.39 is 0 Å². The molecule has 0 aliphatic carbocycles. The number of pyridine rings is 1. The molecule has 1 amide bonds. The van der Waals surface area contributed by atoms with E-state index in [2.05, 4.69) is 33.2 Å². The third kappa shape index (κ3) is 3.22. The highest BCUT2D eigenvalue weighted by Crippen LogP contribution is 2.25. The maximum Gasteiger partial charge on any atom is 0.256 e. The van der Waals surface area contributed by atoms with Crippen molar-refractivity contribution >= 4 is 16.8 Å². The van der Waals surface area contributed by atoms with Crippen LogP contribution >= 0.6 is 0 Å². The lowest BCUT2D eigenvalue weighted by Crippen LogP contribution is -2.29. The Kier molecular flexibility index (Phi) is 4.14. The molecular weight excluding hydrogens is 312 g/mol. The third-order valence-electron chi connectivity index (χ3n) is 4.85. The van der Waals surface area contributed by atoms with E-state index in [0.29, 0.717) is 17.3 Å². The summed E-state index contributed by atoms with van der Waals surface area (Å²) in [6.45, 7) is 3.39. The van der Waals surface area contributed by atoms with Gasteiger partial charge in [-0.05, 0) is 43.4 Å². The largest absolute Gasteiger partial charge is 0.338 e. The lowest BCUT2D eigenvalue weighted by molar-refractivity contribution is 0.0786. The Balaban J connectivity index is 1.47. The number of benzene rings is 1. The molecule has 0 spiro atoms. The van der Waals surface area contributed by atoms with Gasteiger partial charge in [0.25, 0.3) is 5.91 Å². The van der Waals surface area contributed by atoms with Gasteiger partial charge in [-0.15, -0.1) is 0 Å². The number of nitrogens with zero attached hydrogens (tertiary/aromatic N) is 4. The van der Waals surface area contributed by atoms with Gasteiger partial charge in [0.2, 0.25) is 0 Å². The number of aryl methyl sites for hydroxylation is 1. The van der Waals surface area contributed by atoms with Crippen LogP contribution in [0.3, 0.4) is 0 Å². The second-order valence-electron chi connectivity index (χ2n) is 6.62. The van der Waals surface area contributed by atoms with Crippen molar-refractivity contribution in [2.45, 2.75) is 19.8 Å². The normalized spacial score (nSPS) is 17.2. The molecule has 4 rings (SSSR count). The lowest BCUT2D eigenvalue weighted by Gasteiger charge is -2.16. The molecule has 25 heavy (non-hydrogen) atoms. The molecule has 5 heteroatoms. The lowest BCUT2D eigenvalue weighted by atomic mass is 9.96. The SMILES string of the molecule is Cc1ncc(C(=O)N2CC[C@@H](Cc3ccnc4ccccc34)C2)cn1. The summed E-state index contributed by atoms with van der Waals surface area (Å²) in [6.07, 6.45) is 7.11. The van der Waals surface area contributed by atoms with Crippen molar-refractivity contribution in [1.29, 1.82) is 0 Å². The number of amides is 1. The highest BCUT2D eigenvalue weighted by atomic mass is 16.2. The summed E-state index contributed by atoms with van der Waals surface area (Å²) in [7, 11) is 0. The van der Waals surface area contributed by atoms with Crippen LogP contribution in [0.5, 0.6) is 0 Å². The van der Waals surface area contributed by atoms with Crippen molar-refractivity contribution in [3.05, 3.63) is 65.9 Å². The fourth-order valence-corrected chi connectivity index (χ4v) is 3.51. The maximum absolute atomic E-state index is 12.6. The molecule has 0 radical (unpaired) electrons. The first-order valence-corrected chi connectivity index (χ1v) is 8.61. The summed E-state index contributed by atoms with van der Waals surface area (Å²) >= 11 is 0. The van der Waals surface area contributed by atoms with Crippen LogP contribution in [0.15, 0.2) is 48.9 Å². The number of rotatable bonds is 3. The first-order chi connectivity index (χ1) is 12.2. The molecule has 1 atom stereocenters. The van der Waals surface area contributed by atoms with Crippen LogP contribution in [0.4, 0.5) is 0 Å². The molecule has 1 aliphatic rings. The fraction of sp³-hybridized carbons (Fsp3) is 0.300. The number of hydrogen-bond donors (Lipinski definition) is 0. The predicted molar refractivity (Wildman–Crippen MR) is 96.2 cm³/mol. The molecular formula is C20H20N4O. The number of hydrogen-bond acceptors (Lipinski definition) is 4. The molecule has 1 fully saturated rings. The van der Waals surface area contributed by atoms with Crippen molar-refractivity contribution in [1.82, 2.24) is 19.9 Å². The van der Waals surface area contributed by atoms with Crippen molar-refractivity contribution in [2.24, 2.45) is 5.92 Å². The van der Waals surface area contributed by atoms with Crippen LogP contribution in [0.25, 0.3) is 10.9 Å². The Labute approximate surface area is 146 Å². The van der Waals surface area contributed by atoms with E-state index in [1.165, 1.54) is 10.9 Å². The van der Waals surface area contributed by atoms with Crippen molar-refractivity contribution in [3.63, 3.8) is 0 Å². The average molecular weight is 332 g/mol. The van der Waals surface area contributed by atoms with Crippen LogP contribution in [0, 0.1) is 12.8 Å². The summed E-state index contributed by atoms with van der Waals surface area (Å²) < 4.78 is 0. The average Bonchev–Trinajstić information content (AvgIpc) is 3.11. The number of fused-ring (bicyclic) bond motifs is 1. The topological polar surface area (TPSA) is 59.0 Å². The standard InChI is InChI=1S/C20H20N4O/c1-14-22-11-17(12-23-14)20(25)24-9-7-15(13-24)10-16-6-8-21-19-5-3-2-4-18(16)19/h2-6,8,11-12,15H,7,9-10,13H2,1H3/t15-/m0/s1. The predicted octanol–water partition coefficient (Wildman–Crippen LogP) is 3.04. The molecule has 0 unspecified atom stereocenters. The van der Waals surface area contributed by atoms with Crippen LogP contribution in [0.1, 0.15) is 28.2 Å². The minimum absolute atomic E-state index is 0.0297. The number of carbonyl (C=O) groups is 1. The molecule has 5 nitrogen and oxygen atoms in total. The maximum atomic E-state index is 12.6. The van der Waals surface area contributed by atoms with Crippen molar-refractivity contribution in [3.8, 4) is 0 Å². The van der Waals surface area contributed by atoms with Crippen molar-refractivity contribution < 1.29 is 4.79 Å². The first kappa shape index (κ1) is 15.7. The van der Waals surface area contributed by atoms with E-state index in [-0.39, 0.29) is 5.91 Å². The Morgan fingerprint density at radius 1 is 1.16 bits per heavy atom. The zero-order chi connectivity index (χ0) is 17.2. The van der Waals surface area contributed by atoms with Crippen LogP contribution in [0.2, 0.25) is 0 Å². The van der Waals surface area contributed by atoms with Gasteiger partial charge < -0.3 is 4.90 Å². The summed E-state index contributed by atoms with van der Waals surface area (Å²) in [5.41, 5.74) is 2.91. The molecule has 1 aromatic carbocycles. The summed E-state index contributed by atoms with van der Waals surface area (Å²) in [5.74, 6) is 1.18. The number of para-hydroxylation sites is 1. The van der Waals surface area contributed by atoms with Gasteiger partial charge in [0.05, 0.1) is 11.1 Å². The second kappa shape index (κ2) is 6.59. The molecule has 3 aromatic rings. The van der Waals surface area contributed by atoms with Gasteiger partial charge in [0, 0.05) is 37.1 Å². The molecule has 0 saturated carbocycles. The Morgan fingerprint density at radius 2 is 1.96 bits per heavy atom. The van der Waals surface area contributed by atoms with E-state index in [4.69, 9.17) is 0 Å². The molecule has 2 aromatic heterocycles. The Hall–Kier alpha value is -2.82. The van der Waals surface area contributed by atoms with Crippen molar-refractivity contribution in [2.75, 3.05) is 13.1 Å². The molecule has 1 aliphatic heterocycles. The monoisotopic (exact) mass is 332 g/mol. The zero-order valence-corrected chi connectivity index (χ0v) is 14.2. The quantitative estimate of drug-likeness (QED) is 0.740. The molecule has 1 saturated heterocycles.